The summed E-state index contributed by atoms with van der Waals surface area (Å²) >= 11 is 1.42. The number of hydrogen-bond donors (Lipinski definition) is 3. The first-order valence-corrected chi connectivity index (χ1v) is 10.9. The van der Waals surface area contributed by atoms with Gasteiger partial charge in [0, 0.05) is 11.7 Å². The maximum absolute atomic E-state index is 14.9. The summed E-state index contributed by atoms with van der Waals surface area (Å²) in [7, 11) is 0. The number of hydrogen-bond acceptors (Lipinski definition) is 9. The summed E-state index contributed by atoms with van der Waals surface area (Å²) in [5.41, 5.74) is 5.14. The normalized spacial score (nSPS) is 26.2. The van der Waals surface area contributed by atoms with Crippen LogP contribution >= 0.6 is 11.8 Å². The largest absolute Gasteiger partial charge is 0.433 e. The molecule has 12 heteroatoms. The number of pyridine rings is 2. The van der Waals surface area contributed by atoms with Gasteiger partial charge in [0.2, 0.25) is 0 Å². The number of fused-ring (bicyclic) bond motifs is 1. The zero-order valence-corrected chi connectivity index (χ0v) is 17.9. The van der Waals surface area contributed by atoms with E-state index in [2.05, 4.69) is 25.0 Å². The van der Waals surface area contributed by atoms with Crippen LogP contribution in [0.3, 0.4) is 0 Å². The molecule has 4 atom stereocenters. The van der Waals surface area contributed by atoms with Gasteiger partial charge in [0.1, 0.15) is 28.6 Å². The zero-order valence-electron chi connectivity index (χ0n) is 17.0. The van der Waals surface area contributed by atoms with Gasteiger partial charge in [0.15, 0.2) is 11.4 Å². The van der Waals surface area contributed by atoms with E-state index in [-0.39, 0.29) is 41.6 Å². The number of aliphatic hydroxyl groups is 1. The summed E-state index contributed by atoms with van der Waals surface area (Å²) in [6.45, 7) is -0.875. The van der Waals surface area contributed by atoms with Gasteiger partial charge in [-0.3, -0.25) is 4.98 Å². The Morgan fingerprint density at radius 3 is 2.88 bits per heavy atom. The molecule has 2 aliphatic heterocycles. The lowest BCUT2D eigenvalue weighted by molar-refractivity contribution is -0.0501. The third kappa shape index (κ3) is 4.62. The van der Waals surface area contributed by atoms with Crippen molar-refractivity contribution in [2.24, 2.45) is 16.6 Å². The molecule has 1 fully saturated rings. The van der Waals surface area contributed by atoms with Gasteiger partial charge in [-0.1, -0.05) is 11.8 Å². The molecule has 0 amide bonds. The monoisotopic (exact) mass is 469 g/mol. The minimum Gasteiger partial charge on any atom is -0.433 e. The van der Waals surface area contributed by atoms with E-state index in [0.29, 0.717) is 17.3 Å². The second-order valence-corrected chi connectivity index (χ2v) is 8.65. The summed E-state index contributed by atoms with van der Waals surface area (Å²) in [6, 6.07) is 5.19. The number of nitrogens with zero attached hydrogens (tertiary/aromatic N) is 3. The van der Waals surface area contributed by atoms with Crippen LogP contribution in [0.5, 0.6) is 5.75 Å². The first-order chi connectivity index (χ1) is 15.3. The summed E-state index contributed by atoms with van der Waals surface area (Å²) in [5, 5.41) is 13.5. The van der Waals surface area contributed by atoms with Crippen molar-refractivity contribution in [3.63, 3.8) is 0 Å². The number of amidine groups is 1. The van der Waals surface area contributed by atoms with Gasteiger partial charge in [-0.15, -0.1) is 0 Å². The predicted molar refractivity (Wildman–Crippen MR) is 113 cm³/mol. The van der Waals surface area contributed by atoms with Crippen LogP contribution in [-0.4, -0.2) is 45.3 Å². The van der Waals surface area contributed by atoms with Crippen LogP contribution in [0.1, 0.15) is 31.0 Å². The average Bonchev–Trinajstić information content (AvgIpc) is 2.75. The van der Waals surface area contributed by atoms with Crippen molar-refractivity contribution in [1.29, 1.82) is 0 Å². The number of aliphatic imine (C=N–C) groups is 1. The fraction of sp³-hybridized carbons (Fsp3) is 0.450. The Morgan fingerprint density at radius 2 is 2.16 bits per heavy atom. The average molecular weight is 469 g/mol. The molecule has 1 unspecified atom stereocenters. The van der Waals surface area contributed by atoms with Crippen LogP contribution < -0.4 is 15.8 Å². The van der Waals surface area contributed by atoms with Crippen LogP contribution in [-0.2, 0) is 10.3 Å². The van der Waals surface area contributed by atoms with E-state index >= 15 is 0 Å². The topological polar surface area (TPSA) is 115 Å². The zero-order chi connectivity index (χ0) is 22.9. The van der Waals surface area contributed by atoms with Crippen molar-refractivity contribution in [3.8, 4) is 5.75 Å². The molecule has 4 rings (SSSR count). The molecular weight excluding hydrogens is 447 g/mol. The Labute approximate surface area is 186 Å². The van der Waals surface area contributed by atoms with Gasteiger partial charge in [0.25, 0.3) is 0 Å². The van der Waals surface area contributed by atoms with E-state index in [1.165, 1.54) is 36.0 Å². The number of aromatic nitrogens is 2. The van der Waals surface area contributed by atoms with E-state index in [1.54, 1.807) is 0 Å². The third-order valence-corrected chi connectivity index (χ3v) is 6.38. The predicted octanol–water partition coefficient (Wildman–Crippen LogP) is 3.00. The second kappa shape index (κ2) is 9.12. The molecule has 0 spiro atoms. The van der Waals surface area contributed by atoms with Gasteiger partial charge in [-0.2, -0.15) is 8.78 Å². The van der Waals surface area contributed by atoms with Gasteiger partial charge in [-0.25, -0.2) is 14.4 Å². The lowest BCUT2D eigenvalue weighted by atomic mass is 9.77. The Morgan fingerprint density at radius 1 is 1.34 bits per heavy atom. The number of alkyl halides is 2. The molecule has 2 aromatic rings. The standard InChI is InChI=1S/C20H22F3N5O3S/c1-10-6-11-8-32-19(24)28-20(11,9-30-10)16-13(21)3-5-15(26-16)27-17(29)14-4-2-12(7-25-14)31-18(22)23/h2-5,7,10-11,17-18,29H,6,8-9H2,1H3,(H2,24,28)(H,26,27)/t10-,11-,17?,20-/m0/s1. The van der Waals surface area contributed by atoms with E-state index in [4.69, 9.17) is 10.5 Å². The molecule has 0 radical (unpaired) electrons. The lowest BCUT2D eigenvalue weighted by Gasteiger charge is -2.45. The number of aliphatic hydroxyl groups excluding tert-OH is 1. The molecule has 4 N–H and O–H groups in total. The van der Waals surface area contributed by atoms with Crippen molar-refractivity contribution in [2.45, 2.75) is 37.8 Å². The van der Waals surface area contributed by atoms with Crippen LogP contribution in [0.25, 0.3) is 0 Å². The summed E-state index contributed by atoms with van der Waals surface area (Å²) in [6.07, 6.45) is 0.435. The number of anilines is 1. The number of ether oxygens (including phenoxy) is 2. The minimum absolute atomic E-state index is 0.0116. The van der Waals surface area contributed by atoms with E-state index in [9.17, 15) is 18.3 Å². The number of halogens is 3. The van der Waals surface area contributed by atoms with Crippen molar-refractivity contribution in [1.82, 2.24) is 9.97 Å². The highest BCUT2D eigenvalue weighted by Gasteiger charge is 2.50. The highest BCUT2D eigenvalue weighted by Crippen LogP contribution is 2.46. The molecule has 0 bridgehead atoms. The van der Waals surface area contributed by atoms with Crippen molar-refractivity contribution < 1.29 is 27.8 Å². The molecule has 32 heavy (non-hydrogen) atoms. The highest BCUT2D eigenvalue weighted by molar-refractivity contribution is 8.13. The number of rotatable bonds is 6. The summed E-state index contributed by atoms with van der Waals surface area (Å²) in [4.78, 5) is 12.9. The molecular formula is C20H22F3N5O3S. The van der Waals surface area contributed by atoms with Gasteiger partial charge in [0.05, 0.1) is 24.6 Å². The maximum atomic E-state index is 14.9. The fourth-order valence-corrected chi connectivity index (χ4v) is 4.89. The number of nitrogens with one attached hydrogen (secondary N) is 1. The minimum atomic E-state index is -2.97. The molecule has 172 valence electrons. The molecule has 4 heterocycles. The molecule has 0 aliphatic carbocycles. The lowest BCUT2D eigenvalue weighted by Crippen LogP contribution is -2.50. The van der Waals surface area contributed by atoms with Gasteiger partial charge < -0.3 is 25.6 Å². The molecule has 2 aliphatic rings. The molecule has 0 saturated carbocycles. The molecule has 1 saturated heterocycles. The molecule has 0 aromatic carbocycles. The van der Waals surface area contributed by atoms with E-state index in [1.807, 2.05) is 6.92 Å². The van der Waals surface area contributed by atoms with E-state index < -0.39 is 24.2 Å². The van der Waals surface area contributed by atoms with Gasteiger partial charge in [-0.05, 0) is 37.6 Å². The SMILES string of the molecule is C[C@H]1C[C@H]2CSC(N)=N[C@@]2(c2nc(NC(O)c3ccc(OC(F)F)cn3)ccc2F)CO1. The first kappa shape index (κ1) is 22.6. The van der Waals surface area contributed by atoms with Crippen molar-refractivity contribution in [2.75, 3.05) is 17.7 Å². The smallest absolute Gasteiger partial charge is 0.387 e. The number of thioether (sulfide) groups is 1. The van der Waals surface area contributed by atoms with Crippen molar-refractivity contribution >= 4 is 22.7 Å². The van der Waals surface area contributed by atoms with Crippen molar-refractivity contribution in [3.05, 3.63) is 47.7 Å². The third-order valence-electron chi connectivity index (χ3n) is 5.43. The Balaban J connectivity index is 1.59. The second-order valence-electron chi connectivity index (χ2n) is 7.61. The molecule has 2 aromatic heterocycles. The number of nitrogens with two attached hydrogens (primary N) is 1. The van der Waals surface area contributed by atoms with Crippen LogP contribution in [0.15, 0.2) is 35.5 Å². The molecule has 8 nitrogen and oxygen atoms in total. The van der Waals surface area contributed by atoms with Gasteiger partial charge >= 0.3 is 6.61 Å². The maximum Gasteiger partial charge on any atom is 0.387 e. The summed E-state index contributed by atoms with van der Waals surface area (Å²) < 4.78 is 49.5. The van der Waals surface area contributed by atoms with Crippen LogP contribution in [0.2, 0.25) is 0 Å². The Hall–Kier alpha value is -2.57. The van der Waals surface area contributed by atoms with Crippen LogP contribution in [0, 0.1) is 11.7 Å². The first-order valence-electron chi connectivity index (χ1n) is 9.89. The van der Waals surface area contributed by atoms with Crippen LogP contribution in [0.4, 0.5) is 19.0 Å². The fourth-order valence-electron chi connectivity index (χ4n) is 3.88. The van der Waals surface area contributed by atoms with E-state index in [0.717, 1.165) is 6.20 Å². The Kier molecular flexibility index (Phi) is 6.45. The quantitative estimate of drug-likeness (QED) is 0.553. The Bertz CT molecular complexity index is 997. The highest BCUT2D eigenvalue weighted by atomic mass is 32.2. The summed E-state index contributed by atoms with van der Waals surface area (Å²) in [5.74, 6) is 0.141.